The Bertz CT molecular complexity index is 1010. The van der Waals surface area contributed by atoms with Crippen LogP contribution in [0.5, 0.6) is 5.75 Å². The average Bonchev–Trinajstić information content (AvgIpc) is 2.84. The molecule has 1 aliphatic heterocycles. The molecular formula is C24H30N4O3. The first-order valence-corrected chi connectivity index (χ1v) is 10.4. The second kappa shape index (κ2) is 9.31. The fraction of sp³-hybridized carbons (Fsp3) is 0.375. The molecule has 7 heteroatoms. The van der Waals surface area contributed by atoms with Crippen LogP contribution in [0.4, 0.5) is 5.82 Å². The van der Waals surface area contributed by atoms with Gasteiger partial charge in [0.2, 0.25) is 11.8 Å². The van der Waals surface area contributed by atoms with Crippen LogP contribution in [0.1, 0.15) is 43.0 Å². The van der Waals surface area contributed by atoms with Crippen molar-refractivity contribution < 1.29 is 14.3 Å². The number of hydrogen-bond acceptors (Lipinski definition) is 5. The highest BCUT2D eigenvalue weighted by Crippen LogP contribution is 2.25. The van der Waals surface area contributed by atoms with E-state index in [4.69, 9.17) is 4.74 Å². The average molecular weight is 423 g/mol. The molecule has 0 bridgehead atoms. The number of likely N-dealkylation sites (N-methyl/N-ethyl adjacent to an activating group) is 1. The first kappa shape index (κ1) is 22.5. The molecule has 0 aliphatic carbocycles. The molecule has 1 aromatic carbocycles. The first-order chi connectivity index (χ1) is 14.7. The van der Waals surface area contributed by atoms with E-state index in [2.05, 4.69) is 15.6 Å². The van der Waals surface area contributed by atoms with Crippen LogP contribution in [0.2, 0.25) is 0 Å². The maximum atomic E-state index is 12.7. The zero-order valence-electron chi connectivity index (χ0n) is 18.8. The van der Waals surface area contributed by atoms with Gasteiger partial charge in [-0.15, -0.1) is 0 Å². The molecule has 31 heavy (non-hydrogen) atoms. The zero-order chi connectivity index (χ0) is 22.6. The van der Waals surface area contributed by atoms with Crippen LogP contribution in [0, 0.1) is 6.92 Å². The Morgan fingerprint density at radius 3 is 2.87 bits per heavy atom. The Morgan fingerprint density at radius 2 is 2.13 bits per heavy atom. The minimum Gasteiger partial charge on any atom is -0.493 e. The molecule has 2 heterocycles. The zero-order valence-corrected chi connectivity index (χ0v) is 18.8. The van der Waals surface area contributed by atoms with E-state index in [0.29, 0.717) is 25.5 Å². The number of anilines is 1. The molecule has 0 fully saturated rings. The van der Waals surface area contributed by atoms with E-state index in [-0.39, 0.29) is 11.8 Å². The van der Waals surface area contributed by atoms with Gasteiger partial charge in [-0.05, 0) is 51.0 Å². The van der Waals surface area contributed by atoms with Crippen LogP contribution >= 0.6 is 0 Å². The molecular weight excluding hydrogens is 392 g/mol. The van der Waals surface area contributed by atoms with E-state index >= 15 is 0 Å². The van der Waals surface area contributed by atoms with Crippen LogP contribution < -0.4 is 15.4 Å². The van der Waals surface area contributed by atoms with Gasteiger partial charge >= 0.3 is 0 Å². The molecule has 0 spiro atoms. The van der Waals surface area contributed by atoms with Gasteiger partial charge in [-0.1, -0.05) is 18.2 Å². The summed E-state index contributed by atoms with van der Waals surface area (Å²) in [5.74, 6) is 1.14. The molecule has 0 radical (unpaired) electrons. The fourth-order valence-corrected chi connectivity index (χ4v) is 3.34. The van der Waals surface area contributed by atoms with Gasteiger partial charge in [0, 0.05) is 43.5 Å². The van der Waals surface area contributed by atoms with E-state index in [1.807, 2.05) is 52.0 Å². The number of fused-ring (bicyclic) bond motifs is 1. The summed E-state index contributed by atoms with van der Waals surface area (Å²) in [5.41, 5.74) is 3.02. The minimum absolute atomic E-state index is 0.119. The van der Waals surface area contributed by atoms with Gasteiger partial charge in [0.1, 0.15) is 11.6 Å². The van der Waals surface area contributed by atoms with Crippen molar-refractivity contribution in [2.75, 3.05) is 19.0 Å². The van der Waals surface area contributed by atoms with Gasteiger partial charge in [-0.25, -0.2) is 4.98 Å². The van der Waals surface area contributed by atoms with Crippen molar-refractivity contribution in [3.63, 3.8) is 0 Å². The standard InChI is InChI=1S/C24H30N4O3/c1-6-31-21-16(2)8-7-9-18(21)15-28(5)20(29)11-10-17-12-19-14-26-24(3,4)23(30)27-22(19)25-13-17/h7-13,26H,6,14-15H2,1-5H3,(H,25,27,30)/b11-10+. The van der Waals surface area contributed by atoms with Crippen LogP contribution in [0.3, 0.4) is 0 Å². The Hall–Kier alpha value is -3.19. The van der Waals surface area contributed by atoms with Crippen molar-refractivity contribution in [2.45, 2.75) is 46.3 Å². The maximum absolute atomic E-state index is 12.7. The SMILES string of the molecule is CCOc1c(C)cccc1CN(C)C(=O)/C=C/c1cnc2c(c1)CNC(C)(C)C(=O)N2. The largest absolute Gasteiger partial charge is 0.493 e. The number of benzene rings is 1. The van der Waals surface area contributed by atoms with Gasteiger partial charge in [0.15, 0.2) is 0 Å². The number of nitrogens with zero attached hydrogens (tertiary/aromatic N) is 2. The summed E-state index contributed by atoms with van der Waals surface area (Å²) in [6, 6.07) is 7.87. The Morgan fingerprint density at radius 1 is 1.35 bits per heavy atom. The molecule has 7 nitrogen and oxygen atoms in total. The summed E-state index contributed by atoms with van der Waals surface area (Å²) in [5, 5.41) is 6.07. The van der Waals surface area contributed by atoms with E-state index in [9.17, 15) is 9.59 Å². The van der Waals surface area contributed by atoms with Crippen LogP contribution in [0.15, 0.2) is 36.5 Å². The summed E-state index contributed by atoms with van der Waals surface area (Å²) >= 11 is 0. The first-order valence-electron chi connectivity index (χ1n) is 10.4. The Labute approximate surface area is 183 Å². The monoisotopic (exact) mass is 422 g/mol. The number of rotatable bonds is 6. The van der Waals surface area contributed by atoms with Crippen molar-refractivity contribution in [3.8, 4) is 5.75 Å². The third-order valence-corrected chi connectivity index (χ3v) is 5.29. The Kier molecular flexibility index (Phi) is 6.75. The van der Waals surface area contributed by atoms with Crippen molar-refractivity contribution in [1.82, 2.24) is 15.2 Å². The lowest BCUT2D eigenvalue weighted by atomic mass is 10.1. The number of carbonyl (C=O) groups is 2. The predicted octanol–water partition coefficient (Wildman–Crippen LogP) is 3.28. The molecule has 2 amide bonds. The molecule has 3 rings (SSSR count). The number of carbonyl (C=O) groups excluding carboxylic acids is 2. The third-order valence-electron chi connectivity index (χ3n) is 5.29. The van der Waals surface area contributed by atoms with Crippen molar-refractivity contribution in [2.24, 2.45) is 0 Å². The lowest BCUT2D eigenvalue weighted by Crippen LogP contribution is -2.47. The van der Waals surface area contributed by atoms with Gasteiger partial charge in [-0.2, -0.15) is 0 Å². The van der Waals surface area contributed by atoms with E-state index in [0.717, 1.165) is 28.0 Å². The van der Waals surface area contributed by atoms with Gasteiger partial charge < -0.3 is 15.0 Å². The van der Waals surface area contributed by atoms with Crippen molar-refractivity contribution in [3.05, 3.63) is 58.8 Å². The van der Waals surface area contributed by atoms with Crippen LogP contribution in [-0.4, -0.2) is 40.9 Å². The lowest BCUT2D eigenvalue weighted by Gasteiger charge is -2.21. The number of aryl methyl sites for hydroxylation is 1. The van der Waals surface area contributed by atoms with Crippen LogP contribution in [-0.2, 0) is 22.7 Å². The number of hydrogen-bond donors (Lipinski definition) is 2. The highest BCUT2D eigenvalue weighted by Gasteiger charge is 2.30. The van der Waals surface area contributed by atoms with E-state index < -0.39 is 5.54 Å². The maximum Gasteiger partial charge on any atom is 0.246 e. The number of pyridine rings is 1. The molecule has 0 atom stereocenters. The van der Waals surface area contributed by atoms with E-state index in [1.165, 1.54) is 6.08 Å². The Balaban J connectivity index is 1.70. The number of nitrogens with one attached hydrogen (secondary N) is 2. The quantitative estimate of drug-likeness (QED) is 0.698. The normalized spacial score (nSPS) is 15.2. The lowest BCUT2D eigenvalue weighted by molar-refractivity contribution is -0.125. The van der Waals surface area contributed by atoms with Gasteiger partial charge in [-0.3, -0.25) is 14.9 Å². The number of para-hydroxylation sites is 1. The van der Waals surface area contributed by atoms with Crippen molar-refractivity contribution in [1.29, 1.82) is 0 Å². The molecule has 0 saturated heterocycles. The molecule has 1 aromatic heterocycles. The molecule has 0 unspecified atom stereocenters. The number of aromatic nitrogens is 1. The number of ether oxygens (including phenoxy) is 1. The number of amides is 2. The highest BCUT2D eigenvalue weighted by molar-refractivity contribution is 5.98. The highest BCUT2D eigenvalue weighted by atomic mass is 16.5. The van der Waals surface area contributed by atoms with Gasteiger partial charge in [0.05, 0.1) is 12.1 Å². The second-order valence-electron chi connectivity index (χ2n) is 8.23. The van der Waals surface area contributed by atoms with Crippen LogP contribution in [0.25, 0.3) is 6.08 Å². The predicted molar refractivity (Wildman–Crippen MR) is 122 cm³/mol. The summed E-state index contributed by atoms with van der Waals surface area (Å²) in [7, 11) is 1.77. The minimum atomic E-state index is -0.675. The van der Waals surface area contributed by atoms with Crippen molar-refractivity contribution >= 4 is 23.7 Å². The smallest absolute Gasteiger partial charge is 0.246 e. The van der Waals surface area contributed by atoms with E-state index in [1.54, 1.807) is 24.2 Å². The summed E-state index contributed by atoms with van der Waals surface area (Å²) in [4.78, 5) is 30.9. The molecule has 2 N–H and O–H groups in total. The third kappa shape index (κ3) is 5.30. The molecule has 2 aromatic rings. The summed E-state index contributed by atoms with van der Waals surface area (Å²) < 4.78 is 5.76. The summed E-state index contributed by atoms with van der Waals surface area (Å²) in [6.07, 6.45) is 4.92. The second-order valence-corrected chi connectivity index (χ2v) is 8.23. The summed E-state index contributed by atoms with van der Waals surface area (Å²) in [6.45, 7) is 9.14. The molecule has 164 valence electrons. The topological polar surface area (TPSA) is 83.6 Å². The molecule has 0 saturated carbocycles. The van der Waals surface area contributed by atoms with Gasteiger partial charge in [0.25, 0.3) is 0 Å². The fourth-order valence-electron chi connectivity index (χ4n) is 3.34. The molecule has 1 aliphatic rings.